The zero-order chi connectivity index (χ0) is 23.5. The van der Waals surface area contributed by atoms with Crippen LogP contribution < -0.4 is 0 Å². The van der Waals surface area contributed by atoms with Gasteiger partial charge in [0.15, 0.2) is 12.4 Å². The van der Waals surface area contributed by atoms with Gasteiger partial charge >= 0.3 is 11.9 Å². The summed E-state index contributed by atoms with van der Waals surface area (Å²) >= 11 is 0. The van der Waals surface area contributed by atoms with Crippen LogP contribution in [-0.4, -0.2) is 117 Å². The highest BCUT2D eigenvalue weighted by Crippen LogP contribution is 2.38. The number of hydrogen-bond acceptors (Lipinski definition) is 13. The van der Waals surface area contributed by atoms with Gasteiger partial charge in [-0.1, -0.05) is 6.58 Å². The van der Waals surface area contributed by atoms with Crippen molar-refractivity contribution >= 4 is 11.9 Å². The number of carbonyl (C=O) groups is 2. The van der Waals surface area contributed by atoms with Crippen molar-refractivity contribution in [3.63, 3.8) is 0 Å². The van der Waals surface area contributed by atoms with E-state index in [1.807, 2.05) is 0 Å². The van der Waals surface area contributed by atoms with Gasteiger partial charge < -0.3 is 54.3 Å². The standard InChI is InChI=1S/C18H28O13/c1-7(2)16(26)27-6-18(15(28-8(3)21)12(23)10(5-20)30-18)31-17-14(25)13(24)11(22)9(4-19)29-17/h9-15,17,19-20,22-25H,1,4-6H2,2-3H3/t9-,10-,11-,12-,13+,14-,15+,17-,18+/m1/s1. The van der Waals surface area contributed by atoms with Crippen molar-refractivity contribution in [1.82, 2.24) is 0 Å². The van der Waals surface area contributed by atoms with Gasteiger partial charge in [-0.05, 0) is 6.92 Å². The van der Waals surface area contributed by atoms with Crippen LogP contribution in [0.4, 0.5) is 0 Å². The van der Waals surface area contributed by atoms with E-state index < -0.39 is 86.6 Å². The van der Waals surface area contributed by atoms with E-state index in [2.05, 4.69) is 6.58 Å². The lowest BCUT2D eigenvalue weighted by atomic mass is 9.99. The summed E-state index contributed by atoms with van der Waals surface area (Å²) in [6, 6.07) is 0. The minimum absolute atomic E-state index is 0.00396. The minimum atomic E-state index is -2.29. The maximum absolute atomic E-state index is 11.9. The van der Waals surface area contributed by atoms with Crippen molar-refractivity contribution in [2.75, 3.05) is 19.8 Å². The summed E-state index contributed by atoms with van der Waals surface area (Å²) in [7, 11) is 0. The van der Waals surface area contributed by atoms with Gasteiger partial charge in [0.1, 0.15) is 43.2 Å². The van der Waals surface area contributed by atoms with E-state index >= 15 is 0 Å². The summed E-state index contributed by atoms with van der Waals surface area (Å²) in [6.45, 7) is 3.50. The van der Waals surface area contributed by atoms with E-state index in [0.717, 1.165) is 6.92 Å². The predicted octanol–water partition coefficient (Wildman–Crippen LogP) is -3.70. The van der Waals surface area contributed by atoms with Crippen molar-refractivity contribution in [3.8, 4) is 0 Å². The normalized spacial score (nSPS) is 40.4. The number of aliphatic hydroxyl groups is 6. The van der Waals surface area contributed by atoms with E-state index in [1.54, 1.807) is 0 Å². The van der Waals surface area contributed by atoms with Crippen LogP contribution in [0.1, 0.15) is 13.8 Å². The Balaban J connectivity index is 2.40. The lowest BCUT2D eigenvalue weighted by Crippen LogP contribution is -2.63. The molecule has 0 aliphatic carbocycles. The second-order valence-corrected chi connectivity index (χ2v) is 7.34. The Kier molecular flexibility index (Phi) is 8.49. The van der Waals surface area contributed by atoms with E-state index in [4.69, 9.17) is 23.7 Å². The quantitative estimate of drug-likeness (QED) is 0.155. The lowest BCUT2D eigenvalue weighted by molar-refractivity contribution is -0.383. The minimum Gasteiger partial charge on any atom is -0.456 e. The van der Waals surface area contributed by atoms with Gasteiger partial charge in [-0.2, -0.15) is 0 Å². The molecule has 0 aromatic heterocycles. The monoisotopic (exact) mass is 452 g/mol. The first kappa shape index (κ1) is 25.6. The number of aliphatic hydroxyl groups excluding tert-OH is 6. The Labute approximate surface area is 177 Å². The van der Waals surface area contributed by atoms with Gasteiger partial charge in [-0.3, -0.25) is 4.79 Å². The van der Waals surface area contributed by atoms with Crippen LogP contribution in [-0.2, 0) is 33.3 Å². The molecule has 6 N–H and O–H groups in total. The smallest absolute Gasteiger partial charge is 0.333 e. The fraction of sp³-hybridized carbons (Fsp3) is 0.778. The molecule has 2 fully saturated rings. The molecule has 0 radical (unpaired) electrons. The Morgan fingerprint density at radius 1 is 0.968 bits per heavy atom. The molecule has 9 atom stereocenters. The van der Waals surface area contributed by atoms with Gasteiger partial charge in [0, 0.05) is 12.5 Å². The molecule has 0 aromatic carbocycles. The summed E-state index contributed by atoms with van der Waals surface area (Å²) < 4.78 is 26.6. The van der Waals surface area contributed by atoms with Crippen molar-refractivity contribution in [3.05, 3.63) is 12.2 Å². The first-order valence-electron chi connectivity index (χ1n) is 9.42. The van der Waals surface area contributed by atoms with Crippen molar-refractivity contribution in [1.29, 1.82) is 0 Å². The molecule has 2 heterocycles. The second-order valence-electron chi connectivity index (χ2n) is 7.34. The van der Waals surface area contributed by atoms with Crippen LogP contribution in [0.5, 0.6) is 0 Å². The van der Waals surface area contributed by atoms with Crippen LogP contribution in [0.3, 0.4) is 0 Å². The first-order valence-corrected chi connectivity index (χ1v) is 9.42. The van der Waals surface area contributed by atoms with Gasteiger partial charge in [0.2, 0.25) is 5.79 Å². The second kappa shape index (κ2) is 10.3. The highest BCUT2D eigenvalue weighted by molar-refractivity contribution is 5.86. The largest absolute Gasteiger partial charge is 0.456 e. The van der Waals surface area contributed by atoms with E-state index in [-0.39, 0.29) is 5.57 Å². The number of rotatable bonds is 8. The zero-order valence-electron chi connectivity index (χ0n) is 17.0. The Morgan fingerprint density at radius 3 is 2.10 bits per heavy atom. The van der Waals surface area contributed by atoms with Crippen LogP contribution in [0, 0.1) is 0 Å². The van der Waals surface area contributed by atoms with Gasteiger partial charge in [0.25, 0.3) is 0 Å². The lowest BCUT2D eigenvalue weighted by Gasteiger charge is -2.43. The number of hydrogen-bond donors (Lipinski definition) is 6. The maximum atomic E-state index is 11.9. The molecule has 2 saturated heterocycles. The summed E-state index contributed by atoms with van der Waals surface area (Å²) in [5.74, 6) is -4.06. The van der Waals surface area contributed by atoms with Crippen molar-refractivity contribution in [2.45, 2.75) is 68.7 Å². The number of esters is 2. The molecule has 0 bridgehead atoms. The molecular formula is C18H28O13. The van der Waals surface area contributed by atoms with Crippen LogP contribution in [0.2, 0.25) is 0 Å². The molecule has 2 aliphatic heterocycles. The zero-order valence-corrected chi connectivity index (χ0v) is 17.0. The molecular weight excluding hydrogens is 424 g/mol. The first-order chi connectivity index (χ1) is 14.5. The van der Waals surface area contributed by atoms with Crippen molar-refractivity contribution in [2.24, 2.45) is 0 Å². The van der Waals surface area contributed by atoms with Gasteiger partial charge in [-0.15, -0.1) is 0 Å². The van der Waals surface area contributed by atoms with Gasteiger partial charge in [-0.25, -0.2) is 4.79 Å². The molecule has 178 valence electrons. The summed E-state index contributed by atoms with van der Waals surface area (Å²) in [6.07, 6.45) is -13.1. The molecule has 31 heavy (non-hydrogen) atoms. The average molecular weight is 452 g/mol. The molecule has 13 nitrogen and oxygen atoms in total. The van der Waals surface area contributed by atoms with Gasteiger partial charge in [0.05, 0.1) is 13.2 Å². The van der Waals surface area contributed by atoms with Crippen LogP contribution >= 0.6 is 0 Å². The third kappa shape index (κ3) is 5.39. The maximum Gasteiger partial charge on any atom is 0.333 e. The summed E-state index contributed by atoms with van der Waals surface area (Å²) in [5.41, 5.74) is 0.00396. The summed E-state index contributed by atoms with van der Waals surface area (Å²) in [4.78, 5) is 23.5. The van der Waals surface area contributed by atoms with E-state index in [9.17, 15) is 40.2 Å². The highest BCUT2D eigenvalue weighted by atomic mass is 16.8. The molecule has 0 amide bonds. The Morgan fingerprint density at radius 2 is 1.58 bits per heavy atom. The fourth-order valence-corrected chi connectivity index (χ4v) is 3.23. The molecule has 0 unspecified atom stereocenters. The van der Waals surface area contributed by atoms with E-state index in [1.165, 1.54) is 6.92 Å². The average Bonchev–Trinajstić information content (AvgIpc) is 2.97. The molecule has 13 heteroatoms. The fourth-order valence-electron chi connectivity index (χ4n) is 3.23. The third-order valence-electron chi connectivity index (χ3n) is 4.87. The van der Waals surface area contributed by atoms with Crippen LogP contribution in [0.25, 0.3) is 0 Å². The SMILES string of the molecule is C=C(C)C(=O)OC[C@@]1(O[C@H]2O[C@H](CO)[C@@H](O)[C@H](O)[C@H]2O)O[C@H](CO)[C@@H](O)[C@@H]1OC(C)=O. The number of carbonyl (C=O) groups excluding carboxylic acids is 2. The summed E-state index contributed by atoms with van der Waals surface area (Å²) in [5, 5.41) is 59.5. The van der Waals surface area contributed by atoms with Crippen molar-refractivity contribution < 1.29 is 63.9 Å². The number of ether oxygens (including phenoxy) is 5. The molecule has 0 spiro atoms. The molecule has 2 rings (SSSR count). The van der Waals surface area contributed by atoms with Crippen LogP contribution in [0.15, 0.2) is 12.2 Å². The third-order valence-corrected chi connectivity index (χ3v) is 4.87. The Hall–Kier alpha value is -1.68. The Bertz CT molecular complexity index is 667. The topological polar surface area (TPSA) is 202 Å². The molecule has 2 aliphatic rings. The molecule has 0 aromatic rings. The highest BCUT2D eigenvalue weighted by Gasteiger charge is 2.61. The van der Waals surface area contributed by atoms with E-state index in [0.29, 0.717) is 0 Å². The molecule has 0 saturated carbocycles. The predicted molar refractivity (Wildman–Crippen MR) is 96.9 cm³/mol.